The molecule has 1 N–H and O–H groups in total. The first-order valence-corrected chi connectivity index (χ1v) is 8.04. The Bertz CT molecular complexity index is 518. The van der Waals surface area contributed by atoms with Crippen molar-refractivity contribution in [3.63, 3.8) is 0 Å². The van der Waals surface area contributed by atoms with E-state index in [9.17, 15) is 9.90 Å². The maximum absolute atomic E-state index is 11.8. The fraction of sp³-hybridized carbons (Fsp3) is 0.647. The zero-order valence-corrected chi connectivity index (χ0v) is 14.3. The Kier molecular flexibility index (Phi) is 5.96. The van der Waals surface area contributed by atoms with E-state index in [2.05, 4.69) is 16.0 Å². The number of ether oxygens (including phenoxy) is 1. The summed E-state index contributed by atoms with van der Waals surface area (Å²) in [6.45, 7) is 2.72. The van der Waals surface area contributed by atoms with Gasteiger partial charge in [0.15, 0.2) is 0 Å². The van der Waals surface area contributed by atoms with Crippen molar-refractivity contribution in [1.29, 1.82) is 0 Å². The van der Waals surface area contributed by atoms with Gasteiger partial charge in [-0.1, -0.05) is 6.07 Å². The van der Waals surface area contributed by atoms with Crippen molar-refractivity contribution < 1.29 is 14.6 Å². The van der Waals surface area contributed by atoms with E-state index in [1.807, 2.05) is 31.3 Å². The molecule has 1 aromatic rings. The summed E-state index contributed by atoms with van der Waals surface area (Å²) in [4.78, 5) is 20.4. The molecule has 1 fully saturated rings. The van der Waals surface area contributed by atoms with E-state index in [0.717, 1.165) is 37.3 Å². The van der Waals surface area contributed by atoms with Crippen molar-refractivity contribution >= 4 is 11.8 Å². The van der Waals surface area contributed by atoms with Crippen LogP contribution in [0, 0.1) is 5.41 Å². The Labute approximate surface area is 138 Å². The number of methoxy groups -OCH3 is 1. The van der Waals surface area contributed by atoms with Gasteiger partial charge >= 0.3 is 5.97 Å². The lowest BCUT2D eigenvalue weighted by Gasteiger charge is -2.40. The number of carbonyl (C=O) groups is 1. The molecule has 1 aromatic heterocycles. The number of aliphatic carboxylic acids is 1. The molecule has 1 saturated heterocycles. The molecule has 0 radical (unpaired) electrons. The number of piperidine rings is 1. The fourth-order valence-corrected chi connectivity index (χ4v) is 3.18. The second-order valence-corrected chi connectivity index (χ2v) is 6.56. The zero-order chi connectivity index (χ0) is 16.9. The van der Waals surface area contributed by atoms with Crippen LogP contribution < -0.4 is 4.90 Å². The van der Waals surface area contributed by atoms with Crippen LogP contribution in [-0.4, -0.2) is 61.9 Å². The molecule has 128 valence electrons. The Hall–Kier alpha value is -1.66. The summed E-state index contributed by atoms with van der Waals surface area (Å²) in [5.41, 5.74) is 0.425. The number of carboxylic acids is 1. The lowest BCUT2D eigenvalue weighted by atomic mass is 9.77. The molecule has 23 heavy (non-hydrogen) atoms. The van der Waals surface area contributed by atoms with E-state index >= 15 is 0 Å². The quantitative estimate of drug-likeness (QED) is 0.827. The van der Waals surface area contributed by atoms with Crippen LogP contribution in [0.2, 0.25) is 0 Å². The second-order valence-electron chi connectivity index (χ2n) is 6.56. The molecule has 0 saturated carbocycles. The van der Waals surface area contributed by atoms with Crippen molar-refractivity contribution in [2.24, 2.45) is 5.41 Å². The average Bonchev–Trinajstić information content (AvgIpc) is 2.53. The van der Waals surface area contributed by atoms with Crippen LogP contribution in [0.4, 0.5) is 5.82 Å². The van der Waals surface area contributed by atoms with Gasteiger partial charge in [0, 0.05) is 47.1 Å². The highest BCUT2D eigenvalue weighted by Gasteiger charge is 2.41. The number of anilines is 1. The minimum atomic E-state index is -0.708. The molecule has 1 atom stereocenters. The standard InChI is InChI=1S/C17H27N3O3/c1-19(2)15-6-5-14(11-18-15)12-20-9-4-7-17(13-20,16(21)22)8-10-23-3/h5-6,11H,4,7-10,12-13H2,1-3H3,(H,21,22)/t17-/m1/s1. The average molecular weight is 321 g/mol. The summed E-state index contributed by atoms with van der Waals surface area (Å²) in [6, 6.07) is 4.06. The van der Waals surface area contributed by atoms with Crippen LogP contribution in [-0.2, 0) is 16.1 Å². The summed E-state index contributed by atoms with van der Waals surface area (Å²) in [6.07, 6.45) is 4.06. The Balaban J connectivity index is 2.03. The number of carboxylic acid groups (broad SMARTS) is 1. The first-order chi connectivity index (χ1) is 11.0. The van der Waals surface area contributed by atoms with Gasteiger partial charge < -0.3 is 14.7 Å². The molecule has 0 spiro atoms. The van der Waals surface area contributed by atoms with Crippen molar-refractivity contribution in [3.05, 3.63) is 23.9 Å². The van der Waals surface area contributed by atoms with Crippen molar-refractivity contribution in [2.75, 3.05) is 45.8 Å². The van der Waals surface area contributed by atoms with Crippen LogP contribution in [0.5, 0.6) is 0 Å². The molecule has 1 aliphatic heterocycles. The smallest absolute Gasteiger partial charge is 0.311 e. The van der Waals surface area contributed by atoms with Gasteiger partial charge in [0.2, 0.25) is 0 Å². The molecule has 0 aromatic carbocycles. The lowest BCUT2D eigenvalue weighted by molar-refractivity contribution is -0.154. The predicted octanol–water partition coefficient (Wildman–Crippen LogP) is 1.85. The third-order valence-corrected chi connectivity index (χ3v) is 4.57. The van der Waals surface area contributed by atoms with Crippen LogP contribution in [0.15, 0.2) is 18.3 Å². The molecule has 0 amide bonds. The van der Waals surface area contributed by atoms with Gasteiger partial charge in [-0.3, -0.25) is 9.69 Å². The van der Waals surface area contributed by atoms with Gasteiger partial charge in [0.1, 0.15) is 5.82 Å². The first kappa shape index (κ1) is 17.7. The number of aromatic nitrogens is 1. The molecule has 6 heteroatoms. The van der Waals surface area contributed by atoms with Crippen molar-refractivity contribution in [1.82, 2.24) is 9.88 Å². The third-order valence-electron chi connectivity index (χ3n) is 4.57. The third kappa shape index (κ3) is 4.42. The highest BCUT2D eigenvalue weighted by atomic mass is 16.5. The second kappa shape index (κ2) is 7.75. The zero-order valence-electron chi connectivity index (χ0n) is 14.3. The van der Waals surface area contributed by atoms with E-state index in [0.29, 0.717) is 19.6 Å². The SMILES string of the molecule is COCC[C@]1(C(=O)O)CCCN(Cc2ccc(N(C)C)nc2)C1. The minimum Gasteiger partial charge on any atom is -0.481 e. The lowest BCUT2D eigenvalue weighted by Crippen LogP contribution is -2.48. The number of pyridine rings is 1. The van der Waals surface area contributed by atoms with Gasteiger partial charge in [-0.05, 0) is 37.4 Å². The van der Waals surface area contributed by atoms with Gasteiger partial charge in [-0.25, -0.2) is 4.98 Å². The van der Waals surface area contributed by atoms with Crippen molar-refractivity contribution in [3.8, 4) is 0 Å². The van der Waals surface area contributed by atoms with E-state index < -0.39 is 11.4 Å². The van der Waals surface area contributed by atoms with Crippen LogP contribution in [0.1, 0.15) is 24.8 Å². The van der Waals surface area contributed by atoms with Crippen LogP contribution in [0.3, 0.4) is 0 Å². The molecule has 0 aliphatic carbocycles. The maximum atomic E-state index is 11.8. The molecular weight excluding hydrogens is 294 g/mol. The molecular formula is C17H27N3O3. The van der Waals surface area contributed by atoms with E-state index in [1.165, 1.54) is 0 Å². The van der Waals surface area contributed by atoms with Gasteiger partial charge in [0.25, 0.3) is 0 Å². The minimum absolute atomic E-state index is 0.485. The normalized spacial score (nSPS) is 22.0. The summed E-state index contributed by atoms with van der Waals surface area (Å²) in [5.74, 6) is 0.215. The molecule has 2 rings (SSSR count). The number of rotatable bonds is 7. The fourth-order valence-electron chi connectivity index (χ4n) is 3.18. The number of nitrogens with zero attached hydrogens (tertiary/aromatic N) is 3. The highest BCUT2D eigenvalue weighted by Crippen LogP contribution is 2.34. The Morgan fingerprint density at radius 2 is 2.26 bits per heavy atom. The van der Waals surface area contributed by atoms with E-state index in [1.54, 1.807) is 7.11 Å². The topological polar surface area (TPSA) is 65.9 Å². The van der Waals surface area contributed by atoms with E-state index in [4.69, 9.17) is 4.74 Å². The molecule has 2 heterocycles. The molecule has 0 bridgehead atoms. The Morgan fingerprint density at radius 3 is 2.83 bits per heavy atom. The molecule has 6 nitrogen and oxygen atoms in total. The monoisotopic (exact) mass is 321 g/mol. The van der Waals surface area contributed by atoms with Crippen molar-refractivity contribution in [2.45, 2.75) is 25.8 Å². The largest absolute Gasteiger partial charge is 0.481 e. The molecule has 1 aliphatic rings. The van der Waals surface area contributed by atoms with E-state index in [-0.39, 0.29) is 0 Å². The molecule has 0 unspecified atom stereocenters. The number of hydrogen-bond donors (Lipinski definition) is 1. The number of hydrogen-bond acceptors (Lipinski definition) is 5. The number of likely N-dealkylation sites (tertiary alicyclic amines) is 1. The summed E-state index contributed by atoms with van der Waals surface area (Å²) in [5, 5.41) is 9.70. The predicted molar refractivity (Wildman–Crippen MR) is 89.6 cm³/mol. The summed E-state index contributed by atoms with van der Waals surface area (Å²) >= 11 is 0. The maximum Gasteiger partial charge on any atom is 0.311 e. The van der Waals surface area contributed by atoms with Gasteiger partial charge in [0.05, 0.1) is 5.41 Å². The summed E-state index contributed by atoms with van der Waals surface area (Å²) in [7, 11) is 5.54. The van der Waals surface area contributed by atoms with Crippen LogP contribution >= 0.6 is 0 Å². The summed E-state index contributed by atoms with van der Waals surface area (Å²) < 4.78 is 5.11. The Morgan fingerprint density at radius 1 is 1.48 bits per heavy atom. The van der Waals surface area contributed by atoms with Gasteiger partial charge in [-0.15, -0.1) is 0 Å². The van der Waals surface area contributed by atoms with Crippen LogP contribution in [0.25, 0.3) is 0 Å². The van der Waals surface area contributed by atoms with Gasteiger partial charge in [-0.2, -0.15) is 0 Å². The highest BCUT2D eigenvalue weighted by molar-refractivity contribution is 5.75. The first-order valence-electron chi connectivity index (χ1n) is 8.04.